The summed E-state index contributed by atoms with van der Waals surface area (Å²) in [5.74, 6) is -0.856. The van der Waals surface area contributed by atoms with E-state index in [0.717, 1.165) is 11.1 Å². The maximum Gasteiger partial charge on any atom is 0.309 e. The zero-order valence-corrected chi connectivity index (χ0v) is 12.3. The fourth-order valence-corrected chi connectivity index (χ4v) is 2.71. The molecule has 0 radical (unpaired) electrons. The number of hydrogen-bond donors (Lipinski definition) is 1. The van der Waals surface area contributed by atoms with E-state index in [9.17, 15) is 9.59 Å². The van der Waals surface area contributed by atoms with Gasteiger partial charge in [0, 0.05) is 17.2 Å². The standard InChI is InChI=1S/C18H17NO3/c1-22-18(21)16-10-15(16)17(20)14-5-3-2-4-13(14)11-6-8-12(19)9-7-11/h2-9,15-16H,10,19H2,1H3. The number of benzene rings is 2. The second kappa shape index (κ2) is 5.64. The molecule has 4 heteroatoms. The molecule has 0 saturated heterocycles. The average molecular weight is 295 g/mol. The second-order valence-corrected chi connectivity index (χ2v) is 5.50. The van der Waals surface area contributed by atoms with Crippen molar-refractivity contribution in [3.8, 4) is 11.1 Å². The van der Waals surface area contributed by atoms with E-state index in [1.54, 1.807) is 6.07 Å². The zero-order chi connectivity index (χ0) is 15.7. The van der Waals surface area contributed by atoms with Crippen molar-refractivity contribution >= 4 is 17.4 Å². The quantitative estimate of drug-likeness (QED) is 0.535. The predicted molar refractivity (Wildman–Crippen MR) is 84.2 cm³/mol. The average Bonchev–Trinajstić information content (AvgIpc) is 3.35. The molecule has 0 amide bonds. The maximum atomic E-state index is 12.7. The minimum absolute atomic E-state index is 0.00262. The Kier molecular flexibility index (Phi) is 3.67. The predicted octanol–water partition coefficient (Wildman–Crippen LogP) is 2.93. The second-order valence-electron chi connectivity index (χ2n) is 5.50. The molecule has 2 N–H and O–H groups in total. The molecule has 0 heterocycles. The van der Waals surface area contributed by atoms with Crippen LogP contribution < -0.4 is 5.73 Å². The number of Topliss-reactive ketones (excluding diaryl/α,β-unsaturated/α-hetero) is 1. The summed E-state index contributed by atoms with van der Waals surface area (Å²) in [4.78, 5) is 24.2. The Bertz CT molecular complexity index is 721. The van der Waals surface area contributed by atoms with Crippen molar-refractivity contribution in [1.82, 2.24) is 0 Å². The first-order valence-electron chi connectivity index (χ1n) is 7.19. The normalized spacial score (nSPS) is 19.5. The molecule has 22 heavy (non-hydrogen) atoms. The lowest BCUT2D eigenvalue weighted by molar-refractivity contribution is -0.142. The van der Waals surface area contributed by atoms with Gasteiger partial charge < -0.3 is 10.5 Å². The van der Waals surface area contributed by atoms with Crippen molar-refractivity contribution in [2.75, 3.05) is 12.8 Å². The highest BCUT2D eigenvalue weighted by atomic mass is 16.5. The number of hydrogen-bond acceptors (Lipinski definition) is 4. The Labute approximate surface area is 128 Å². The van der Waals surface area contributed by atoms with E-state index in [-0.39, 0.29) is 23.6 Å². The lowest BCUT2D eigenvalue weighted by Crippen LogP contribution is -2.11. The van der Waals surface area contributed by atoms with Crippen LogP contribution in [0.1, 0.15) is 16.8 Å². The van der Waals surface area contributed by atoms with Crippen molar-refractivity contribution < 1.29 is 14.3 Å². The van der Waals surface area contributed by atoms with Crippen LogP contribution in [0.25, 0.3) is 11.1 Å². The molecule has 0 aromatic heterocycles. The van der Waals surface area contributed by atoms with E-state index in [1.165, 1.54) is 7.11 Å². The summed E-state index contributed by atoms with van der Waals surface area (Å²) < 4.78 is 4.71. The van der Waals surface area contributed by atoms with Crippen LogP contribution in [0, 0.1) is 11.8 Å². The fourth-order valence-electron chi connectivity index (χ4n) is 2.71. The highest BCUT2D eigenvalue weighted by Crippen LogP contribution is 2.43. The Hall–Kier alpha value is -2.62. The van der Waals surface area contributed by atoms with Crippen LogP contribution in [-0.4, -0.2) is 18.9 Å². The smallest absolute Gasteiger partial charge is 0.309 e. The number of ether oxygens (including phenoxy) is 1. The number of ketones is 1. The van der Waals surface area contributed by atoms with Crippen LogP contribution in [0.3, 0.4) is 0 Å². The first kappa shape index (κ1) is 14.3. The first-order chi connectivity index (χ1) is 10.6. The molecular weight excluding hydrogens is 278 g/mol. The van der Waals surface area contributed by atoms with Gasteiger partial charge in [-0.25, -0.2) is 0 Å². The molecule has 2 unspecified atom stereocenters. The van der Waals surface area contributed by atoms with Gasteiger partial charge in [-0.1, -0.05) is 36.4 Å². The Morgan fingerprint density at radius 3 is 2.41 bits per heavy atom. The number of nitrogens with two attached hydrogens (primary N) is 1. The molecule has 1 aliphatic carbocycles. The fraction of sp³-hybridized carbons (Fsp3) is 0.222. The number of rotatable bonds is 4. The van der Waals surface area contributed by atoms with Gasteiger partial charge in [-0.3, -0.25) is 9.59 Å². The van der Waals surface area contributed by atoms with Crippen molar-refractivity contribution in [2.24, 2.45) is 11.8 Å². The SMILES string of the molecule is COC(=O)C1CC1C(=O)c1ccccc1-c1ccc(N)cc1. The lowest BCUT2D eigenvalue weighted by atomic mass is 9.94. The van der Waals surface area contributed by atoms with Crippen LogP contribution in [0.4, 0.5) is 5.69 Å². The third kappa shape index (κ3) is 2.60. The highest BCUT2D eigenvalue weighted by molar-refractivity contribution is 6.07. The number of methoxy groups -OCH3 is 1. The summed E-state index contributed by atoms with van der Waals surface area (Å²) in [7, 11) is 1.35. The molecule has 1 fully saturated rings. The molecule has 2 atom stereocenters. The summed E-state index contributed by atoms with van der Waals surface area (Å²) in [5, 5.41) is 0. The molecule has 0 spiro atoms. The van der Waals surface area contributed by atoms with E-state index in [0.29, 0.717) is 17.7 Å². The summed E-state index contributed by atoms with van der Waals surface area (Å²) >= 11 is 0. The number of anilines is 1. The van der Waals surface area contributed by atoms with Gasteiger partial charge >= 0.3 is 5.97 Å². The molecule has 112 valence electrons. The summed E-state index contributed by atoms with van der Waals surface area (Å²) in [5.41, 5.74) is 8.83. The third-order valence-corrected chi connectivity index (χ3v) is 4.05. The van der Waals surface area contributed by atoms with E-state index < -0.39 is 0 Å². The van der Waals surface area contributed by atoms with Gasteiger partial charge in [0.05, 0.1) is 13.0 Å². The van der Waals surface area contributed by atoms with Crippen LogP contribution in [0.2, 0.25) is 0 Å². The van der Waals surface area contributed by atoms with E-state index >= 15 is 0 Å². The van der Waals surface area contributed by atoms with Gasteiger partial charge in [0.1, 0.15) is 0 Å². The molecule has 3 rings (SSSR count). The van der Waals surface area contributed by atoms with Gasteiger partial charge in [-0.05, 0) is 29.7 Å². The number of nitrogen functional groups attached to an aromatic ring is 1. The Balaban J connectivity index is 1.91. The van der Waals surface area contributed by atoms with E-state index in [1.807, 2.05) is 42.5 Å². The van der Waals surface area contributed by atoms with Crippen LogP contribution >= 0.6 is 0 Å². The van der Waals surface area contributed by atoms with Crippen molar-refractivity contribution in [2.45, 2.75) is 6.42 Å². The number of carbonyl (C=O) groups is 2. The molecule has 4 nitrogen and oxygen atoms in total. The van der Waals surface area contributed by atoms with E-state index in [2.05, 4.69) is 0 Å². The van der Waals surface area contributed by atoms with Gasteiger partial charge in [0.25, 0.3) is 0 Å². The van der Waals surface area contributed by atoms with Crippen molar-refractivity contribution in [3.05, 3.63) is 54.1 Å². The first-order valence-corrected chi connectivity index (χ1v) is 7.19. The zero-order valence-electron chi connectivity index (χ0n) is 12.3. The Morgan fingerprint density at radius 1 is 1.05 bits per heavy atom. The minimum atomic E-state index is -0.302. The summed E-state index contributed by atoms with van der Waals surface area (Å²) in [6.07, 6.45) is 0.571. The van der Waals surface area contributed by atoms with Gasteiger partial charge in [0.15, 0.2) is 5.78 Å². The molecular formula is C18H17NO3. The van der Waals surface area contributed by atoms with Crippen molar-refractivity contribution in [3.63, 3.8) is 0 Å². The largest absolute Gasteiger partial charge is 0.469 e. The van der Waals surface area contributed by atoms with Crippen LogP contribution in [0.15, 0.2) is 48.5 Å². The lowest BCUT2D eigenvalue weighted by Gasteiger charge is -2.09. The Morgan fingerprint density at radius 2 is 1.73 bits per heavy atom. The number of carbonyl (C=O) groups excluding carboxylic acids is 2. The van der Waals surface area contributed by atoms with Crippen LogP contribution in [-0.2, 0) is 9.53 Å². The number of esters is 1. The monoisotopic (exact) mass is 295 g/mol. The summed E-state index contributed by atoms with van der Waals surface area (Å²) in [6, 6.07) is 14.9. The topological polar surface area (TPSA) is 69.4 Å². The van der Waals surface area contributed by atoms with Gasteiger partial charge in [-0.15, -0.1) is 0 Å². The summed E-state index contributed by atoms with van der Waals surface area (Å²) in [6.45, 7) is 0. The third-order valence-electron chi connectivity index (χ3n) is 4.05. The molecule has 0 bridgehead atoms. The minimum Gasteiger partial charge on any atom is -0.469 e. The van der Waals surface area contributed by atoms with Crippen molar-refractivity contribution in [1.29, 1.82) is 0 Å². The van der Waals surface area contributed by atoms with Gasteiger partial charge in [0.2, 0.25) is 0 Å². The molecule has 2 aromatic rings. The van der Waals surface area contributed by atoms with E-state index in [4.69, 9.17) is 10.5 Å². The van der Waals surface area contributed by atoms with Crippen LogP contribution in [0.5, 0.6) is 0 Å². The molecule has 1 saturated carbocycles. The molecule has 0 aliphatic heterocycles. The molecule has 2 aromatic carbocycles. The molecule has 1 aliphatic rings. The highest BCUT2D eigenvalue weighted by Gasteiger charge is 2.49. The van der Waals surface area contributed by atoms with Gasteiger partial charge in [-0.2, -0.15) is 0 Å². The maximum absolute atomic E-state index is 12.7.